The Morgan fingerprint density at radius 3 is 2.24 bits per heavy atom. The molecule has 96 valence electrons. The first-order valence-corrected chi connectivity index (χ1v) is 6.76. The zero-order valence-corrected chi connectivity index (χ0v) is 12.1. The molecule has 0 aromatic rings. The predicted octanol–water partition coefficient (Wildman–Crippen LogP) is 5.98. The summed E-state index contributed by atoms with van der Waals surface area (Å²) in [6.07, 6.45) is 14.6. The molecule has 0 rings (SSSR count). The standard InChI is InChI=1S/C17H28/c1-6-15(4)11-9-13-17(8-3)14-10-12-16(5)7-2/h6,11-13H,1,7-10,14H2,2-5H3. The van der Waals surface area contributed by atoms with E-state index >= 15 is 0 Å². The van der Waals surface area contributed by atoms with Crippen LogP contribution >= 0.6 is 0 Å². The van der Waals surface area contributed by atoms with Crippen LogP contribution in [0.15, 0.2) is 47.6 Å². The molecule has 0 aromatic carbocycles. The van der Waals surface area contributed by atoms with Gasteiger partial charge in [0.05, 0.1) is 0 Å². The maximum Gasteiger partial charge on any atom is -0.0161 e. The van der Waals surface area contributed by atoms with Crippen LogP contribution in [0.25, 0.3) is 0 Å². The van der Waals surface area contributed by atoms with Crippen molar-refractivity contribution in [2.24, 2.45) is 0 Å². The Morgan fingerprint density at radius 1 is 1.00 bits per heavy atom. The highest BCUT2D eigenvalue weighted by atomic mass is 14.0. The van der Waals surface area contributed by atoms with Gasteiger partial charge in [0.1, 0.15) is 0 Å². The lowest BCUT2D eigenvalue weighted by atomic mass is 10.0. The largest absolute Gasteiger partial charge is 0.0988 e. The third kappa shape index (κ3) is 8.74. The first kappa shape index (κ1) is 16.0. The molecule has 0 heteroatoms. The minimum Gasteiger partial charge on any atom is -0.0988 e. The van der Waals surface area contributed by atoms with Crippen LogP contribution in [0.5, 0.6) is 0 Å². The summed E-state index contributed by atoms with van der Waals surface area (Å²) in [5.41, 5.74) is 4.33. The molecule has 0 aliphatic rings. The lowest BCUT2D eigenvalue weighted by molar-refractivity contribution is 0.888. The first-order chi connectivity index (χ1) is 8.13. The normalized spacial score (nSPS) is 14.0. The Morgan fingerprint density at radius 2 is 1.71 bits per heavy atom. The molecular formula is C17H28. The van der Waals surface area contributed by atoms with Crippen LogP contribution in [0.2, 0.25) is 0 Å². The number of rotatable bonds is 8. The van der Waals surface area contributed by atoms with Crippen molar-refractivity contribution in [2.45, 2.75) is 59.8 Å². The highest BCUT2D eigenvalue weighted by molar-refractivity contribution is 5.15. The highest BCUT2D eigenvalue weighted by Gasteiger charge is 1.93. The molecule has 0 unspecified atom stereocenters. The average Bonchev–Trinajstić information content (AvgIpc) is 2.36. The molecule has 17 heavy (non-hydrogen) atoms. The smallest absolute Gasteiger partial charge is 0.0161 e. The van der Waals surface area contributed by atoms with Crippen LogP contribution in [0.3, 0.4) is 0 Å². The van der Waals surface area contributed by atoms with E-state index in [1.807, 2.05) is 6.08 Å². The van der Waals surface area contributed by atoms with Crippen molar-refractivity contribution >= 4 is 0 Å². The van der Waals surface area contributed by atoms with Crippen molar-refractivity contribution < 1.29 is 0 Å². The van der Waals surface area contributed by atoms with E-state index in [4.69, 9.17) is 0 Å². The minimum atomic E-state index is 1.04. The zero-order chi connectivity index (χ0) is 13.1. The van der Waals surface area contributed by atoms with Crippen LogP contribution in [0, 0.1) is 0 Å². The van der Waals surface area contributed by atoms with Crippen molar-refractivity contribution in [1.82, 2.24) is 0 Å². The quantitative estimate of drug-likeness (QED) is 0.356. The monoisotopic (exact) mass is 232 g/mol. The fraction of sp³-hybridized carbons (Fsp3) is 0.529. The van der Waals surface area contributed by atoms with E-state index in [0.717, 1.165) is 6.42 Å². The molecular weight excluding hydrogens is 204 g/mol. The van der Waals surface area contributed by atoms with E-state index in [9.17, 15) is 0 Å². The third-order valence-corrected chi connectivity index (χ3v) is 3.14. The second-order valence-corrected chi connectivity index (χ2v) is 4.55. The second-order valence-electron chi connectivity index (χ2n) is 4.55. The molecule has 0 heterocycles. The summed E-state index contributed by atoms with van der Waals surface area (Å²) >= 11 is 0. The van der Waals surface area contributed by atoms with Gasteiger partial charge in [0.25, 0.3) is 0 Å². The maximum atomic E-state index is 3.76. The number of hydrogen-bond donors (Lipinski definition) is 0. The van der Waals surface area contributed by atoms with Gasteiger partial charge in [-0.3, -0.25) is 0 Å². The number of hydrogen-bond acceptors (Lipinski definition) is 0. The SMILES string of the molecule is C=CC(C)=CCC=C(CC)CCC=C(C)CC. The summed E-state index contributed by atoms with van der Waals surface area (Å²) in [6.45, 7) is 12.5. The average molecular weight is 232 g/mol. The summed E-state index contributed by atoms with van der Waals surface area (Å²) in [6, 6.07) is 0. The zero-order valence-electron chi connectivity index (χ0n) is 12.1. The molecule has 0 aromatic heterocycles. The van der Waals surface area contributed by atoms with Crippen LogP contribution in [-0.4, -0.2) is 0 Å². The molecule has 0 bridgehead atoms. The lowest BCUT2D eigenvalue weighted by Crippen LogP contribution is -1.82. The van der Waals surface area contributed by atoms with Crippen LogP contribution < -0.4 is 0 Å². The molecule has 0 aliphatic heterocycles. The van der Waals surface area contributed by atoms with Gasteiger partial charge in [0, 0.05) is 0 Å². The molecule has 0 aliphatic carbocycles. The summed E-state index contributed by atoms with van der Waals surface area (Å²) in [7, 11) is 0. The van der Waals surface area contributed by atoms with E-state index in [-0.39, 0.29) is 0 Å². The Labute approximate surface area is 108 Å². The molecule has 0 saturated carbocycles. The van der Waals surface area contributed by atoms with Gasteiger partial charge in [0.15, 0.2) is 0 Å². The topological polar surface area (TPSA) is 0 Å². The van der Waals surface area contributed by atoms with Crippen molar-refractivity contribution in [3.05, 3.63) is 47.6 Å². The summed E-state index contributed by atoms with van der Waals surface area (Å²) in [4.78, 5) is 0. The molecule has 0 fully saturated rings. The van der Waals surface area contributed by atoms with Crippen molar-refractivity contribution in [2.75, 3.05) is 0 Å². The highest BCUT2D eigenvalue weighted by Crippen LogP contribution is 2.13. The van der Waals surface area contributed by atoms with Crippen LogP contribution in [0.4, 0.5) is 0 Å². The Kier molecular flexibility index (Phi) is 9.52. The van der Waals surface area contributed by atoms with Gasteiger partial charge in [-0.15, -0.1) is 0 Å². The fourth-order valence-corrected chi connectivity index (χ4v) is 1.57. The summed E-state index contributed by atoms with van der Waals surface area (Å²) in [5, 5.41) is 0. The Bertz CT molecular complexity index is 300. The van der Waals surface area contributed by atoms with Gasteiger partial charge in [0.2, 0.25) is 0 Å². The summed E-state index contributed by atoms with van der Waals surface area (Å²) in [5.74, 6) is 0. The Hall–Kier alpha value is -1.04. The van der Waals surface area contributed by atoms with Gasteiger partial charge in [-0.05, 0) is 46.0 Å². The van der Waals surface area contributed by atoms with Crippen LogP contribution in [-0.2, 0) is 0 Å². The maximum absolute atomic E-state index is 3.76. The molecule has 0 N–H and O–H groups in total. The van der Waals surface area contributed by atoms with E-state index in [1.165, 1.54) is 36.8 Å². The third-order valence-electron chi connectivity index (χ3n) is 3.14. The molecule has 0 nitrogen and oxygen atoms in total. The van der Waals surface area contributed by atoms with E-state index in [2.05, 4.69) is 52.5 Å². The van der Waals surface area contributed by atoms with Gasteiger partial charge in [-0.2, -0.15) is 0 Å². The van der Waals surface area contributed by atoms with E-state index < -0.39 is 0 Å². The second kappa shape index (κ2) is 10.1. The van der Waals surface area contributed by atoms with E-state index in [0.29, 0.717) is 0 Å². The molecule has 0 radical (unpaired) electrons. The Balaban J connectivity index is 4.15. The van der Waals surface area contributed by atoms with Gasteiger partial charge < -0.3 is 0 Å². The lowest BCUT2D eigenvalue weighted by Gasteiger charge is -2.02. The molecule has 0 saturated heterocycles. The minimum absolute atomic E-state index is 1.04. The van der Waals surface area contributed by atoms with Crippen LogP contribution in [0.1, 0.15) is 59.8 Å². The number of allylic oxidation sites excluding steroid dienone is 7. The molecule has 0 atom stereocenters. The first-order valence-electron chi connectivity index (χ1n) is 6.76. The van der Waals surface area contributed by atoms with Gasteiger partial charge in [-0.25, -0.2) is 0 Å². The van der Waals surface area contributed by atoms with Gasteiger partial charge >= 0.3 is 0 Å². The predicted molar refractivity (Wildman–Crippen MR) is 80.2 cm³/mol. The fourth-order valence-electron chi connectivity index (χ4n) is 1.57. The van der Waals surface area contributed by atoms with E-state index in [1.54, 1.807) is 5.57 Å². The van der Waals surface area contributed by atoms with Crippen molar-refractivity contribution in [3.63, 3.8) is 0 Å². The van der Waals surface area contributed by atoms with Crippen molar-refractivity contribution in [3.8, 4) is 0 Å². The van der Waals surface area contributed by atoms with Gasteiger partial charge in [-0.1, -0.05) is 61.4 Å². The molecule has 0 amide bonds. The summed E-state index contributed by atoms with van der Waals surface area (Å²) < 4.78 is 0. The molecule has 0 spiro atoms. The van der Waals surface area contributed by atoms with Crippen molar-refractivity contribution in [1.29, 1.82) is 0 Å².